The molecule has 0 spiro atoms. The number of hydrogen-bond donors (Lipinski definition) is 1. The number of imidazole rings is 1. The maximum Gasteiger partial charge on any atom is 0.261 e. The number of hydrogen-bond acceptors (Lipinski definition) is 4. The van der Waals surface area contributed by atoms with E-state index in [2.05, 4.69) is 10.3 Å². The van der Waals surface area contributed by atoms with E-state index < -0.39 is 6.10 Å². The number of ether oxygens (including phenoxy) is 2. The van der Waals surface area contributed by atoms with Crippen LogP contribution >= 0.6 is 0 Å². The number of aromatic nitrogens is 2. The van der Waals surface area contributed by atoms with Crippen LogP contribution in [0.5, 0.6) is 11.5 Å². The molecule has 1 aromatic heterocycles. The highest BCUT2D eigenvalue weighted by Gasteiger charge is 2.18. The van der Waals surface area contributed by atoms with Gasteiger partial charge in [0.2, 0.25) is 0 Å². The molecule has 27 heavy (non-hydrogen) atoms. The van der Waals surface area contributed by atoms with Gasteiger partial charge in [0, 0.05) is 24.6 Å². The van der Waals surface area contributed by atoms with Crippen molar-refractivity contribution in [1.29, 1.82) is 0 Å². The lowest BCUT2D eigenvalue weighted by Gasteiger charge is -2.17. The molecule has 0 saturated heterocycles. The van der Waals surface area contributed by atoms with E-state index in [1.165, 1.54) is 0 Å². The largest absolute Gasteiger partial charge is 0.497 e. The van der Waals surface area contributed by atoms with Crippen LogP contribution in [0, 0.1) is 0 Å². The molecule has 3 rings (SSSR count). The number of nitrogens with zero attached hydrogens (tertiary/aromatic N) is 2. The maximum absolute atomic E-state index is 12.5. The molecular formula is C21H23N3O3. The lowest BCUT2D eigenvalue weighted by molar-refractivity contribution is -0.128. The van der Waals surface area contributed by atoms with Crippen LogP contribution in [0.25, 0.3) is 5.69 Å². The first-order valence-corrected chi connectivity index (χ1v) is 8.85. The molecule has 2 aromatic carbocycles. The zero-order chi connectivity index (χ0) is 19.1. The minimum absolute atomic E-state index is 0.132. The van der Waals surface area contributed by atoms with Crippen molar-refractivity contribution in [3.8, 4) is 17.2 Å². The molecule has 0 aliphatic rings. The van der Waals surface area contributed by atoms with Gasteiger partial charge in [-0.3, -0.25) is 4.79 Å². The fourth-order valence-corrected chi connectivity index (χ4v) is 2.64. The second-order valence-electron chi connectivity index (χ2n) is 6.04. The molecule has 0 aliphatic carbocycles. The number of amides is 1. The molecular weight excluding hydrogens is 342 g/mol. The third-order valence-electron chi connectivity index (χ3n) is 4.21. The highest BCUT2D eigenvalue weighted by molar-refractivity contribution is 5.81. The van der Waals surface area contributed by atoms with Crippen molar-refractivity contribution in [1.82, 2.24) is 14.9 Å². The molecule has 1 N–H and O–H groups in total. The smallest absolute Gasteiger partial charge is 0.261 e. The number of carbonyl (C=O) groups excluding carboxylic acids is 1. The molecule has 0 unspecified atom stereocenters. The van der Waals surface area contributed by atoms with Gasteiger partial charge >= 0.3 is 0 Å². The van der Waals surface area contributed by atoms with Gasteiger partial charge in [0.25, 0.3) is 5.91 Å². The summed E-state index contributed by atoms with van der Waals surface area (Å²) in [7, 11) is 1.61. The molecule has 6 heteroatoms. The van der Waals surface area contributed by atoms with Gasteiger partial charge in [-0.15, -0.1) is 0 Å². The predicted octanol–water partition coefficient (Wildman–Crippen LogP) is 3.35. The summed E-state index contributed by atoms with van der Waals surface area (Å²) in [5.74, 6) is 1.26. The SMILES string of the molecule is CC[C@@H](Oc1ccc(OC)cc1)C(=O)NCc1ccc(-n2ccnc2)cc1. The average Bonchev–Trinajstić information content (AvgIpc) is 3.26. The second-order valence-corrected chi connectivity index (χ2v) is 6.04. The van der Waals surface area contributed by atoms with Gasteiger partial charge in [-0.1, -0.05) is 19.1 Å². The van der Waals surface area contributed by atoms with Crippen molar-refractivity contribution in [3.05, 3.63) is 72.8 Å². The maximum atomic E-state index is 12.5. The van der Waals surface area contributed by atoms with E-state index in [0.717, 1.165) is 17.0 Å². The topological polar surface area (TPSA) is 65.4 Å². The molecule has 1 heterocycles. The minimum atomic E-state index is -0.538. The summed E-state index contributed by atoms with van der Waals surface area (Å²) in [6, 6.07) is 15.2. The van der Waals surface area contributed by atoms with E-state index in [4.69, 9.17) is 9.47 Å². The van der Waals surface area contributed by atoms with Crippen LogP contribution in [0.3, 0.4) is 0 Å². The fraction of sp³-hybridized carbons (Fsp3) is 0.238. The minimum Gasteiger partial charge on any atom is -0.497 e. The summed E-state index contributed by atoms with van der Waals surface area (Å²) in [5.41, 5.74) is 2.04. The monoisotopic (exact) mass is 365 g/mol. The van der Waals surface area contributed by atoms with Gasteiger partial charge in [0.05, 0.1) is 13.4 Å². The lowest BCUT2D eigenvalue weighted by Crippen LogP contribution is -2.37. The van der Waals surface area contributed by atoms with Crippen molar-refractivity contribution < 1.29 is 14.3 Å². The third-order valence-corrected chi connectivity index (χ3v) is 4.21. The van der Waals surface area contributed by atoms with E-state index in [1.54, 1.807) is 31.8 Å². The molecule has 140 valence electrons. The number of benzene rings is 2. The van der Waals surface area contributed by atoms with E-state index in [1.807, 2.05) is 54.1 Å². The summed E-state index contributed by atoms with van der Waals surface area (Å²) in [6.07, 6.45) is 5.42. The normalized spacial score (nSPS) is 11.6. The Balaban J connectivity index is 1.54. The molecule has 0 radical (unpaired) electrons. The van der Waals surface area contributed by atoms with Crippen molar-refractivity contribution in [2.45, 2.75) is 26.0 Å². The second kappa shape index (κ2) is 8.89. The zero-order valence-corrected chi connectivity index (χ0v) is 15.5. The number of nitrogens with one attached hydrogen (secondary N) is 1. The van der Waals surface area contributed by atoms with Gasteiger partial charge in [-0.25, -0.2) is 4.98 Å². The van der Waals surface area contributed by atoms with E-state index in [-0.39, 0.29) is 5.91 Å². The van der Waals surface area contributed by atoms with E-state index in [9.17, 15) is 4.79 Å². The average molecular weight is 365 g/mol. The van der Waals surface area contributed by atoms with Gasteiger partial charge in [0.15, 0.2) is 6.10 Å². The summed E-state index contributed by atoms with van der Waals surface area (Å²) < 4.78 is 12.9. The van der Waals surface area contributed by atoms with Crippen molar-refractivity contribution in [2.24, 2.45) is 0 Å². The van der Waals surface area contributed by atoms with Crippen molar-refractivity contribution in [3.63, 3.8) is 0 Å². The first-order chi connectivity index (χ1) is 13.2. The molecule has 3 aromatic rings. The Bertz CT molecular complexity index is 843. The summed E-state index contributed by atoms with van der Waals surface area (Å²) in [6.45, 7) is 2.37. The van der Waals surface area contributed by atoms with Gasteiger partial charge in [0.1, 0.15) is 11.5 Å². The molecule has 0 fully saturated rings. The molecule has 1 amide bonds. The fourth-order valence-electron chi connectivity index (χ4n) is 2.64. The van der Waals surface area contributed by atoms with Crippen LogP contribution < -0.4 is 14.8 Å². The third kappa shape index (κ3) is 4.88. The molecule has 6 nitrogen and oxygen atoms in total. The van der Waals surface area contributed by atoms with Crippen LogP contribution in [0.4, 0.5) is 0 Å². The molecule has 1 atom stereocenters. The van der Waals surface area contributed by atoms with Gasteiger partial charge in [-0.05, 0) is 48.4 Å². The Labute approximate surface area is 158 Å². The standard InChI is InChI=1S/C21H23N3O3/c1-3-20(27-19-10-8-18(26-2)9-11-19)21(25)23-14-16-4-6-17(7-5-16)24-13-12-22-15-24/h4-13,15,20H,3,14H2,1-2H3,(H,23,25)/t20-/m1/s1. The number of methoxy groups -OCH3 is 1. The molecule has 0 aliphatic heterocycles. The Morgan fingerprint density at radius 3 is 2.41 bits per heavy atom. The van der Waals surface area contributed by atoms with Crippen LogP contribution in [0.1, 0.15) is 18.9 Å². The first kappa shape index (κ1) is 18.5. The Hall–Kier alpha value is -3.28. The summed E-state index contributed by atoms with van der Waals surface area (Å²) in [4.78, 5) is 16.5. The Morgan fingerprint density at radius 1 is 1.11 bits per heavy atom. The quantitative estimate of drug-likeness (QED) is 0.665. The number of carbonyl (C=O) groups is 1. The molecule has 0 bridgehead atoms. The summed E-state index contributed by atoms with van der Waals surface area (Å²) >= 11 is 0. The van der Waals surface area contributed by atoms with Gasteiger partial charge < -0.3 is 19.4 Å². The van der Waals surface area contributed by atoms with Gasteiger partial charge in [-0.2, -0.15) is 0 Å². The predicted molar refractivity (Wildman–Crippen MR) is 103 cm³/mol. The highest BCUT2D eigenvalue weighted by atomic mass is 16.5. The van der Waals surface area contributed by atoms with Crippen molar-refractivity contribution >= 4 is 5.91 Å². The summed E-state index contributed by atoms with van der Waals surface area (Å²) in [5, 5.41) is 2.94. The zero-order valence-electron chi connectivity index (χ0n) is 15.5. The lowest BCUT2D eigenvalue weighted by atomic mass is 10.2. The van der Waals surface area contributed by atoms with Crippen LogP contribution in [-0.2, 0) is 11.3 Å². The highest BCUT2D eigenvalue weighted by Crippen LogP contribution is 2.19. The van der Waals surface area contributed by atoms with Crippen LogP contribution in [-0.4, -0.2) is 28.7 Å². The Kier molecular flexibility index (Phi) is 6.10. The molecule has 0 saturated carbocycles. The van der Waals surface area contributed by atoms with Crippen LogP contribution in [0.15, 0.2) is 67.3 Å². The van der Waals surface area contributed by atoms with E-state index >= 15 is 0 Å². The van der Waals surface area contributed by atoms with Crippen molar-refractivity contribution in [2.75, 3.05) is 7.11 Å². The van der Waals surface area contributed by atoms with Crippen LogP contribution in [0.2, 0.25) is 0 Å². The van der Waals surface area contributed by atoms with E-state index in [0.29, 0.717) is 18.7 Å². The number of rotatable bonds is 8. The Morgan fingerprint density at radius 2 is 1.81 bits per heavy atom. The first-order valence-electron chi connectivity index (χ1n) is 8.85.